The van der Waals surface area contributed by atoms with Crippen molar-refractivity contribution in [3.63, 3.8) is 0 Å². The first-order valence-electron chi connectivity index (χ1n) is 8.24. The summed E-state index contributed by atoms with van der Waals surface area (Å²) in [7, 11) is 0. The first kappa shape index (κ1) is 15.4. The van der Waals surface area contributed by atoms with Gasteiger partial charge in [-0.25, -0.2) is 9.97 Å². The minimum atomic E-state index is 0.0910. The molecule has 1 aromatic carbocycles. The number of fused-ring (bicyclic) bond motifs is 1. The van der Waals surface area contributed by atoms with Gasteiger partial charge in [-0.05, 0) is 25.3 Å². The van der Waals surface area contributed by atoms with Crippen molar-refractivity contribution in [1.82, 2.24) is 14.4 Å². The molecule has 4 rings (SSSR count). The Bertz CT molecular complexity index is 863. The van der Waals surface area contributed by atoms with Crippen LogP contribution in [0.5, 0.6) is 0 Å². The zero-order chi connectivity index (χ0) is 16.5. The number of rotatable bonds is 3. The molecule has 1 N–H and O–H groups in total. The van der Waals surface area contributed by atoms with Crippen LogP contribution in [0.1, 0.15) is 19.3 Å². The van der Waals surface area contributed by atoms with Crippen LogP contribution in [-0.4, -0.2) is 38.7 Å². The zero-order valence-corrected chi connectivity index (χ0v) is 14.0. The van der Waals surface area contributed by atoms with Crippen molar-refractivity contribution in [3.05, 3.63) is 47.9 Å². The van der Waals surface area contributed by atoms with Crippen molar-refractivity contribution in [2.24, 2.45) is 0 Å². The molecule has 0 bridgehead atoms. The highest BCUT2D eigenvalue weighted by Crippen LogP contribution is 2.31. The molecule has 1 aliphatic heterocycles. The van der Waals surface area contributed by atoms with E-state index in [4.69, 9.17) is 16.6 Å². The van der Waals surface area contributed by atoms with Crippen LogP contribution in [0.4, 0.5) is 5.82 Å². The summed E-state index contributed by atoms with van der Waals surface area (Å²) in [4.78, 5) is 11.5. The third-order valence-corrected chi connectivity index (χ3v) is 4.95. The molecule has 2 aromatic heterocycles. The number of benzene rings is 1. The van der Waals surface area contributed by atoms with Crippen LogP contribution in [-0.2, 0) is 0 Å². The number of hydrogen-bond acceptors (Lipinski definition) is 4. The molecule has 3 heterocycles. The maximum absolute atomic E-state index is 9.76. The molecule has 0 radical (unpaired) electrons. The van der Waals surface area contributed by atoms with Crippen LogP contribution in [0.25, 0.3) is 16.9 Å². The monoisotopic (exact) mass is 342 g/mol. The molecule has 1 unspecified atom stereocenters. The van der Waals surface area contributed by atoms with Crippen molar-refractivity contribution in [2.45, 2.75) is 25.3 Å². The topological polar surface area (TPSA) is 53.7 Å². The Balaban J connectivity index is 1.88. The molecule has 0 saturated carbocycles. The summed E-state index contributed by atoms with van der Waals surface area (Å²) < 4.78 is 1.98. The van der Waals surface area contributed by atoms with Crippen molar-refractivity contribution in [2.75, 3.05) is 18.1 Å². The van der Waals surface area contributed by atoms with E-state index in [0.717, 1.165) is 48.5 Å². The lowest BCUT2D eigenvalue weighted by Gasteiger charge is -2.35. The number of aliphatic hydroxyl groups excluding tert-OH is 1. The molecule has 5 nitrogen and oxygen atoms in total. The van der Waals surface area contributed by atoms with E-state index in [1.807, 2.05) is 41.1 Å². The number of anilines is 1. The average molecular weight is 343 g/mol. The third-order valence-electron chi connectivity index (χ3n) is 4.62. The maximum Gasteiger partial charge on any atom is 0.180 e. The van der Waals surface area contributed by atoms with Crippen molar-refractivity contribution in [3.8, 4) is 11.3 Å². The number of aromatic nitrogens is 3. The summed E-state index contributed by atoms with van der Waals surface area (Å²) in [6.45, 7) is 1.01. The average Bonchev–Trinajstić information content (AvgIpc) is 3.10. The fraction of sp³-hybridized carbons (Fsp3) is 0.333. The molecular formula is C18H19ClN4O. The maximum atomic E-state index is 9.76. The Morgan fingerprint density at radius 2 is 2.12 bits per heavy atom. The lowest BCUT2D eigenvalue weighted by atomic mass is 10.0. The number of hydrogen-bond donors (Lipinski definition) is 1. The second-order valence-corrected chi connectivity index (χ2v) is 6.52. The lowest BCUT2D eigenvalue weighted by molar-refractivity contribution is 0.239. The predicted molar refractivity (Wildman–Crippen MR) is 95.5 cm³/mol. The van der Waals surface area contributed by atoms with E-state index >= 15 is 0 Å². The normalized spacial score (nSPS) is 18.2. The highest BCUT2D eigenvalue weighted by atomic mass is 35.5. The van der Waals surface area contributed by atoms with Crippen molar-refractivity contribution < 1.29 is 5.11 Å². The highest BCUT2D eigenvalue weighted by Gasteiger charge is 2.26. The fourth-order valence-corrected chi connectivity index (χ4v) is 3.61. The van der Waals surface area contributed by atoms with Gasteiger partial charge >= 0.3 is 0 Å². The van der Waals surface area contributed by atoms with E-state index < -0.39 is 0 Å². The van der Waals surface area contributed by atoms with Gasteiger partial charge < -0.3 is 14.4 Å². The minimum Gasteiger partial charge on any atom is -0.394 e. The van der Waals surface area contributed by atoms with E-state index in [9.17, 15) is 5.11 Å². The zero-order valence-electron chi connectivity index (χ0n) is 13.3. The Hall–Kier alpha value is -2.11. The molecule has 24 heavy (non-hydrogen) atoms. The molecule has 1 saturated heterocycles. The lowest BCUT2D eigenvalue weighted by Crippen LogP contribution is -2.42. The molecule has 0 amide bonds. The molecule has 1 fully saturated rings. The Labute approximate surface area is 145 Å². The van der Waals surface area contributed by atoms with Gasteiger partial charge in [0.25, 0.3) is 0 Å². The molecule has 1 atom stereocenters. The van der Waals surface area contributed by atoms with Gasteiger partial charge in [0.1, 0.15) is 0 Å². The SMILES string of the molecule is OCC1CCCCN1c1nc(-c2ccccc2Cl)cn2ccnc12. The molecule has 3 aromatic rings. The molecule has 6 heteroatoms. The van der Waals surface area contributed by atoms with Gasteiger partial charge in [-0.2, -0.15) is 0 Å². The van der Waals surface area contributed by atoms with Gasteiger partial charge in [-0.15, -0.1) is 0 Å². The minimum absolute atomic E-state index is 0.0910. The largest absolute Gasteiger partial charge is 0.394 e. The summed E-state index contributed by atoms with van der Waals surface area (Å²) in [5.41, 5.74) is 2.52. The highest BCUT2D eigenvalue weighted by molar-refractivity contribution is 6.33. The molecule has 0 spiro atoms. The number of piperidine rings is 1. The summed E-state index contributed by atoms with van der Waals surface area (Å²) in [6, 6.07) is 7.80. The molecular weight excluding hydrogens is 324 g/mol. The second kappa shape index (κ2) is 6.42. The number of nitrogens with zero attached hydrogens (tertiary/aromatic N) is 4. The first-order valence-corrected chi connectivity index (χ1v) is 8.62. The number of imidazole rings is 1. The molecule has 0 aliphatic carbocycles. The fourth-order valence-electron chi connectivity index (χ4n) is 3.38. The van der Waals surface area contributed by atoms with E-state index in [1.54, 1.807) is 6.20 Å². The Morgan fingerprint density at radius 1 is 1.25 bits per heavy atom. The van der Waals surface area contributed by atoms with E-state index in [0.29, 0.717) is 5.02 Å². The number of halogens is 1. The predicted octanol–water partition coefficient (Wildman–Crippen LogP) is 3.40. The first-order chi connectivity index (χ1) is 11.8. The van der Waals surface area contributed by atoms with Crippen molar-refractivity contribution >= 4 is 23.1 Å². The smallest absolute Gasteiger partial charge is 0.180 e. The summed E-state index contributed by atoms with van der Waals surface area (Å²) in [5.74, 6) is 0.816. The van der Waals surface area contributed by atoms with Crippen LogP contribution in [0.2, 0.25) is 5.02 Å². The van der Waals surface area contributed by atoms with E-state index in [2.05, 4.69) is 9.88 Å². The summed E-state index contributed by atoms with van der Waals surface area (Å²) >= 11 is 6.36. The van der Waals surface area contributed by atoms with Crippen LogP contribution in [0.3, 0.4) is 0 Å². The quantitative estimate of drug-likeness (QED) is 0.792. The van der Waals surface area contributed by atoms with Gasteiger partial charge in [0.05, 0.1) is 23.4 Å². The second-order valence-electron chi connectivity index (χ2n) is 6.11. The summed E-state index contributed by atoms with van der Waals surface area (Å²) in [5, 5.41) is 10.4. The third kappa shape index (κ3) is 2.64. The van der Waals surface area contributed by atoms with E-state index in [1.165, 1.54) is 0 Å². The van der Waals surface area contributed by atoms with Crippen LogP contribution >= 0.6 is 11.6 Å². The van der Waals surface area contributed by atoms with Gasteiger partial charge in [-0.1, -0.05) is 29.8 Å². The van der Waals surface area contributed by atoms with Gasteiger partial charge in [0.2, 0.25) is 0 Å². The van der Waals surface area contributed by atoms with Crippen LogP contribution in [0.15, 0.2) is 42.9 Å². The summed E-state index contributed by atoms with van der Waals surface area (Å²) in [6.07, 6.45) is 8.85. The standard InChI is InChI=1S/C18H19ClN4O/c19-15-7-2-1-6-14(15)16-11-22-10-8-20-17(22)18(21-16)23-9-4-3-5-13(23)12-24/h1-2,6-8,10-11,13,24H,3-5,9,12H2. The van der Waals surface area contributed by atoms with Crippen LogP contribution < -0.4 is 4.90 Å². The molecule has 124 valence electrons. The van der Waals surface area contributed by atoms with E-state index in [-0.39, 0.29) is 12.6 Å². The molecule has 1 aliphatic rings. The van der Waals surface area contributed by atoms with Crippen LogP contribution in [0, 0.1) is 0 Å². The van der Waals surface area contributed by atoms with Gasteiger partial charge in [0, 0.05) is 30.7 Å². The number of aliphatic hydroxyl groups is 1. The Kier molecular flexibility index (Phi) is 4.12. The Morgan fingerprint density at radius 3 is 2.96 bits per heavy atom. The van der Waals surface area contributed by atoms with Gasteiger partial charge in [-0.3, -0.25) is 0 Å². The van der Waals surface area contributed by atoms with Crippen molar-refractivity contribution in [1.29, 1.82) is 0 Å². The van der Waals surface area contributed by atoms with Gasteiger partial charge in [0.15, 0.2) is 11.5 Å².